The number of rotatable bonds is 8. The maximum absolute atomic E-state index is 13.6. The van der Waals surface area contributed by atoms with Gasteiger partial charge in [0, 0.05) is 0 Å². The van der Waals surface area contributed by atoms with E-state index in [1.165, 1.54) is 51.4 Å². The second kappa shape index (κ2) is 10.4. The average molecular weight is 531 g/mol. The number of hydrogen-bond donors (Lipinski definition) is 1. The SMILES string of the molecule is CC(C)CCCC(C)C1CCC2C3CCC4CC(OC(=O)C(F)(F)[SH](=O)=O)CCC4(C)C3CCC12C. The number of fused-ring (bicyclic) bond motifs is 5. The van der Waals surface area contributed by atoms with E-state index in [4.69, 9.17) is 4.74 Å². The Balaban J connectivity index is 1.40. The number of alkyl halides is 2. The van der Waals surface area contributed by atoms with Crippen LogP contribution in [-0.2, 0) is 20.2 Å². The first-order valence-electron chi connectivity index (χ1n) is 14.5. The molecule has 0 N–H and O–H groups in total. The van der Waals surface area contributed by atoms with Gasteiger partial charge in [0.1, 0.15) is 6.10 Å². The van der Waals surface area contributed by atoms with E-state index in [1.54, 1.807) is 0 Å². The van der Waals surface area contributed by atoms with Gasteiger partial charge in [0.2, 0.25) is 10.7 Å². The molecule has 9 atom stereocenters. The lowest BCUT2D eigenvalue weighted by Gasteiger charge is -2.61. The van der Waals surface area contributed by atoms with Gasteiger partial charge in [-0.15, -0.1) is 0 Å². The fourth-order valence-corrected chi connectivity index (χ4v) is 9.85. The lowest BCUT2D eigenvalue weighted by Crippen LogP contribution is -2.54. The van der Waals surface area contributed by atoms with Gasteiger partial charge >= 0.3 is 11.2 Å². The van der Waals surface area contributed by atoms with Crippen molar-refractivity contribution in [2.45, 2.75) is 123 Å². The molecule has 0 aliphatic heterocycles. The largest absolute Gasteiger partial charge is 0.457 e. The van der Waals surface area contributed by atoms with E-state index in [0.717, 1.165) is 42.4 Å². The molecule has 0 spiro atoms. The van der Waals surface area contributed by atoms with Crippen molar-refractivity contribution in [1.29, 1.82) is 0 Å². The normalized spacial score (nSPS) is 41.5. The lowest BCUT2D eigenvalue weighted by molar-refractivity contribution is -0.176. The maximum Gasteiger partial charge on any atom is 0.437 e. The van der Waals surface area contributed by atoms with Gasteiger partial charge in [-0.05, 0) is 110 Å². The van der Waals surface area contributed by atoms with Gasteiger partial charge in [0.05, 0.1) is 0 Å². The van der Waals surface area contributed by atoms with Gasteiger partial charge in [-0.25, -0.2) is 13.2 Å². The van der Waals surface area contributed by atoms with E-state index in [-0.39, 0.29) is 5.41 Å². The zero-order valence-corrected chi connectivity index (χ0v) is 23.8. The Bertz CT molecular complexity index is 880. The third kappa shape index (κ3) is 5.00. The highest BCUT2D eigenvalue weighted by molar-refractivity contribution is 7.74. The highest BCUT2D eigenvalue weighted by Crippen LogP contribution is 2.68. The van der Waals surface area contributed by atoms with Crippen LogP contribution < -0.4 is 0 Å². The predicted octanol–water partition coefficient (Wildman–Crippen LogP) is 7.22. The third-order valence-corrected chi connectivity index (χ3v) is 12.2. The molecule has 4 fully saturated rings. The second-order valence-electron chi connectivity index (χ2n) is 13.8. The van der Waals surface area contributed by atoms with Gasteiger partial charge < -0.3 is 4.74 Å². The first-order valence-corrected chi connectivity index (χ1v) is 15.7. The Morgan fingerprint density at radius 2 is 1.61 bits per heavy atom. The monoisotopic (exact) mass is 530 g/mol. The summed E-state index contributed by atoms with van der Waals surface area (Å²) in [5.74, 6) is 3.01. The Labute approximate surface area is 218 Å². The zero-order chi connectivity index (χ0) is 26.5. The summed E-state index contributed by atoms with van der Waals surface area (Å²) in [6.45, 7) is 12.1. The Morgan fingerprint density at radius 1 is 0.944 bits per heavy atom. The van der Waals surface area contributed by atoms with Crippen LogP contribution in [0.1, 0.15) is 112 Å². The van der Waals surface area contributed by atoms with Crippen molar-refractivity contribution < 1.29 is 26.7 Å². The Morgan fingerprint density at radius 3 is 2.28 bits per heavy atom. The van der Waals surface area contributed by atoms with E-state index in [0.29, 0.717) is 30.1 Å². The van der Waals surface area contributed by atoms with Gasteiger partial charge in [-0.2, -0.15) is 8.78 Å². The second-order valence-corrected chi connectivity index (χ2v) is 14.9. The molecule has 0 saturated heterocycles. The summed E-state index contributed by atoms with van der Waals surface area (Å²) in [5, 5.41) is -4.44. The molecule has 4 aliphatic carbocycles. The Kier molecular flexibility index (Phi) is 8.21. The maximum atomic E-state index is 13.6. The fourth-order valence-electron chi connectivity index (χ4n) is 9.65. The highest BCUT2D eigenvalue weighted by atomic mass is 32.2. The van der Waals surface area contributed by atoms with Crippen LogP contribution in [0.25, 0.3) is 0 Å². The minimum Gasteiger partial charge on any atom is -0.457 e. The molecular formula is C29H48F2O4S. The van der Waals surface area contributed by atoms with Crippen LogP contribution in [0.5, 0.6) is 0 Å². The van der Waals surface area contributed by atoms with E-state index in [2.05, 4.69) is 34.6 Å². The standard InChI is InChI=1S/C29H48F2O4S/c1-18(2)7-6-8-19(3)23-11-12-24-22-10-9-20-17-21(35-26(32)29(30,31)36(33)34)13-15-27(20,4)25(22)14-16-28(23,24)5/h18-25,36H,6-17H2,1-5H3. The van der Waals surface area contributed by atoms with E-state index in [9.17, 15) is 22.0 Å². The topological polar surface area (TPSA) is 60.4 Å². The first-order chi connectivity index (χ1) is 16.8. The molecule has 4 aliphatic rings. The molecule has 0 bridgehead atoms. The van der Waals surface area contributed by atoms with E-state index < -0.39 is 28.0 Å². The third-order valence-electron chi connectivity index (χ3n) is 11.6. The summed E-state index contributed by atoms with van der Waals surface area (Å²) < 4.78 is 53.8. The lowest BCUT2D eigenvalue weighted by atomic mass is 9.44. The molecule has 9 unspecified atom stereocenters. The van der Waals surface area contributed by atoms with Gasteiger partial charge in [-0.3, -0.25) is 0 Å². The molecule has 4 saturated carbocycles. The summed E-state index contributed by atoms with van der Waals surface area (Å²) in [7, 11) is -4.18. The summed E-state index contributed by atoms with van der Waals surface area (Å²) in [4.78, 5) is 11.8. The minimum absolute atomic E-state index is 0.153. The molecule has 0 aromatic carbocycles. The van der Waals surface area contributed by atoms with Crippen LogP contribution in [0.15, 0.2) is 0 Å². The van der Waals surface area contributed by atoms with Crippen LogP contribution >= 0.6 is 0 Å². The summed E-state index contributed by atoms with van der Waals surface area (Å²) in [6, 6.07) is 0. The molecular weight excluding hydrogens is 482 g/mol. The fraction of sp³-hybridized carbons (Fsp3) is 0.966. The van der Waals surface area contributed by atoms with Crippen molar-refractivity contribution in [3.63, 3.8) is 0 Å². The minimum atomic E-state index is -4.44. The van der Waals surface area contributed by atoms with E-state index >= 15 is 0 Å². The van der Waals surface area contributed by atoms with Crippen LogP contribution in [0.2, 0.25) is 0 Å². The van der Waals surface area contributed by atoms with Crippen LogP contribution in [0.4, 0.5) is 8.78 Å². The molecule has 0 aromatic rings. The number of ether oxygens (including phenoxy) is 1. The predicted molar refractivity (Wildman–Crippen MR) is 138 cm³/mol. The van der Waals surface area contributed by atoms with Crippen LogP contribution in [-0.4, -0.2) is 25.7 Å². The van der Waals surface area contributed by atoms with Crippen molar-refractivity contribution in [1.82, 2.24) is 0 Å². The summed E-state index contributed by atoms with van der Waals surface area (Å²) in [5.41, 5.74) is 0.593. The molecule has 0 aromatic heterocycles. The average Bonchev–Trinajstić information content (AvgIpc) is 3.16. The molecule has 4 nitrogen and oxygen atoms in total. The van der Waals surface area contributed by atoms with Gasteiger partial charge in [-0.1, -0.05) is 53.9 Å². The number of carbonyl (C=O) groups excluding carboxylic acids is 1. The quantitative estimate of drug-likeness (QED) is 0.266. The zero-order valence-electron chi connectivity index (χ0n) is 22.9. The molecule has 36 heavy (non-hydrogen) atoms. The van der Waals surface area contributed by atoms with Crippen molar-refractivity contribution in [3.8, 4) is 0 Å². The van der Waals surface area contributed by atoms with Gasteiger partial charge in [0.25, 0.3) is 0 Å². The number of esters is 1. The molecule has 0 heterocycles. The molecule has 208 valence electrons. The first kappa shape index (κ1) is 28.3. The number of hydrogen-bond acceptors (Lipinski definition) is 4. The number of halogens is 2. The number of thiol groups is 1. The van der Waals surface area contributed by atoms with Crippen molar-refractivity contribution >= 4 is 16.7 Å². The molecule has 0 amide bonds. The summed E-state index contributed by atoms with van der Waals surface area (Å²) >= 11 is 0. The summed E-state index contributed by atoms with van der Waals surface area (Å²) in [6.07, 6.45) is 12.9. The molecule has 0 radical (unpaired) electrons. The van der Waals surface area contributed by atoms with Crippen LogP contribution in [0.3, 0.4) is 0 Å². The van der Waals surface area contributed by atoms with Crippen LogP contribution in [0, 0.1) is 52.3 Å². The number of carbonyl (C=O) groups is 1. The highest BCUT2D eigenvalue weighted by Gasteiger charge is 2.61. The van der Waals surface area contributed by atoms with Crippen molar-refractivity contribution in [2.24, 2.45) is 52.3 Å². The van der Waals surface area contributed by atoms with Crippen molar-refractivity contribution in [3.05, 3.63) is 0 Å². The molecule has 4 rings (SSSR count). The molecule has 7 heteroatoms. The van der Waals surface area contributed by atoms with Crippen molar-refractivity contribution in [2.75, 3.05) is 0 Å². The smallest absolute Gasteiger partial charge is 0.437 e. The van der Waals surface area contributed by atoms with E-state index in [1.807, 2.05) is 0 Å². The van der Waals surface area contributed by atoms with Gasteiger partial charge in [0.15, 0.2) is 0 Å². The Hall–Kier alpha value is -0.720.